The van der Waals surface area contributed by atoms with E-state index in [1.165, 1.54) is 7.05 Å². The molecule has 0 aromatic carbocycles. The van der Waals surface area contributed by atoms with Crippen LogP contribution in [0.4, 0.5) is 4.39 Å². The van der Waals surface area contributed by atoms with Gasteiger partial charge in [0.2, 0.25) is 5.95 Å². The van der Waals surface area contributed by atoms with Gasteiger partial charge in [-0.05, 0) is 0 Å². The molecule has 0 bridgehead atoms. The molecule has 1 heterocycles. The Balaban J connectivity index is 3.24. The van der Waals surface area contributed by atoms with Gasteiger partial charge in [-0.15, -0.1) is 0 Å². The number of aryl methyl sites for hydroxylation is 1. The molecule has 9 heavy (non-hydrogen) atoms. The maximum absolute atomic E-state index is 12.4. The molecule has 0 saturated carbocycles. The highest BCUT2D eigenvalue weighted by atomic mass is 19.1. The molecule has 4 heteroatoms. The SMILES string of the molecule is Cn1n[c]c(C#N)c1F. The van der Waals surface area contributed by atoms with Crippen molar-refractivity contribution in [3.05, 3.63) is 17.7 Å². The van der Waals surface area contributed by atoms with Gasteiger partial charge in [0.1, 0.15) is 17.8 Å². The molecule has 1 radical (unpaired) electrons. The topological polar surface area (TPSA) is 41.6 Å². The predicted octanol–water partition coefficient (Wildman–Crippen LogP) is 0.231. The molecule has 0 saturated heterocycles. The number of rotatable bonds is 0. The lowest BCUT2D eigenvalue weighted by molar-refractivity contribution is 0.501. The van der Waals surface area contributed by atoms with Gasteiger partial charge < -0.3 is 0 Å². The number of nitrogens with zero attached hydrogens (tertiary/aromatic N) is 3. The summed E-state index contributed by atoms with van der Waals surface area (Å²) in [6, 6.07) is 1.60. The van der Waals surface area contributed by atoms with Gasteiger partial charge in [0.25, 0.3) is 0 Å². The first-order valence-electron chi connectivity index (χ1n) is 2.26. The average Bonchev–Trinajstić information content (AvgIpc) is 2.15. The summed E-state index contributed by atoms with van der Waals surface area (Å²) < 4.78 is 13.4. The average molecular weight is 124 g/mol. The van der Waals surface area contributed by atoms with Crippen molar-refractivity contribution < 1.29 is 4.39 Å². The Hall–Kier alpha value is -1.37. The van der Waals surface area contributed by atoms with Crippen LogP contribution in [0.3, 0.4) is 0 Å². The molecule has 0 amide bonds. The van der Waals surface area contributed by atoms with Crippen LogP contribution in [0.15, 0.2) is 0 Å². The van der Waals surface area contributed by atoms with Crippen LogP contribution < -0.4 is 0 Å². The first kappa shape index (κ1) is 5.76. The van der Waals surface area contributed by atoms with Crippen LogP contribution in [0.25, 0.3) is 0 Å². The summed E-state index contributed by atoms with van der Waals surface area (Å²) in [5.74, 6) is -0.641. The first-order chi connectivity index (χ1) is 4.25. The van der Waals surface area contributed by atoms with Gasteiger partial charge >= 0.3 is 0 Å². The fourth-order valence-electron chi connectivity index (χ4n) is 0.448. The zero-order valence-electron chi connectivity index (χ0n) is 4.72. The van der Waals surface area contributed by atoms with E-state index in [1.807, 2.05) is 0 Å². The molecule has 0 unspecified atom stereocenters. The van der Waals surface area contributed by atoms with Gasteiger partial charge in [-0.25, -0.2) is 4.68 Å². The van der Waals surface area contributed by atoms with Crippen molar-refractivity contribution in [2.45, 2.75) is 0 Å². The van der Waals surface area contributed by atoms with Gasteiger partial charge in [-0.1, -0.05) is 0 Å². The van der Waals surface area contributed by atoms with Crippen molar-refractivity contribution in [3.63, 3.8) is 0 Å². The van der Waals surface area contributed by atoms with Crippen molar-refractivity contribution in [2.24, 2.45) is 7.05 Å². The molecule has 1 rings (SSSR count). The Morgan fingerprint density at radius 3 is 2.78 bits per heavy atom. The fraction of sp³-hybridized carbons (Fsp3) is 0.200. The van der Waals surface area contributed by atoms with E-state index in [9.17, 15) is 4.39 Å². The van der Waals surface area contributed by atoms with Gasteiger partial charge in [0, 0.05) is 7.05 Å². The zero-order valence-corrected chi connectivity index (χ0v) is 4.72. The molecule has 1 aromatic rings. The number of hydrogen-bond acceptors (Lipinski definition) is 2. The van der Waals surface area contributed by atoms with Crippen molar-refractivity contribution in [2.75, 3.05) is 0 Å². The van der Waals surface area contributed by atoms with Crippen LogP contribution in [0.1, 0.15) is 5.56 Å². The molecule has 3 nitrogen and oxygen atoms in total. The molecule has 0 N–H and O–H groups in total. The van der Waals surface area contributed by atoms with Crippen molar-refractivity contribution in [3.8, 4) is 6.07 Å². The molecule has 0 fully saturated rings. The van der Waals surface area contributed by atoms with Crippen LogP contribution in [-0.2, 0) is 7.05 Å². The molecule has 0 aliphatic carbocycles. The van der Waals surface area contributed by atoms with E-state index in [4.69, 9.17) is 5.26 Å². The van der Waals surface area contributed by atoms with E-state index in [0.29, 0.717) is 0 Å². The lowest BCUT2D eigenvalue weighted by Crippen LogP contribution is -1.93. The molecule has 1 aromatic heterocycles. The minimum atomic E-state index is -0.641. The normalized spacial score (nSPS) is 9.00. The fourth-order valence-corrected chi connectivity index (χ4v) is 0.448. The smallest absolute Gasteiger partial charge is 0.229 e. The summed E-state index contributed by atoms with van der Waals surface area (Å²) in [6.07, 6.45) is 2.20. The molecule has 0 aliphatic rings. The summed E-state index contributed by atoms with van der Waals surface area (Å²) >= 11 is 0. The van der Waals surface area contributed by atoms with Crippen molar-refractivity contribution in [1.82, 2.24) is 9.78 Å². The van der Waals surface area contributed by atoms with Crippen LogP contribution in [-0.4, -0.2) is 9.78 Å². The van der Waals surface area contributed by atoms with Gasteiger partial charge in [0.05, 0.1) is 0 Å². The van der Waals surface area contributed by atoms with Gasteiger partial charge in [-0.3, -0.25) is 0 Å². The molecule has 0 spiro atoms. The predicted molar refractivity (Wildman–Crippen MR) is 26.7 cm³/mol. The second-order valence-electron chi connectivity index (χ2n) is 1.51. The van der Waals surface area contributed by atoms with Crippen LogP contribution in [0.5, 0.6) is 0 Å². The molecule has 0 atom stereocenters. The Labute approximate surface area is 51.3 Å². The maximum Gasteiger partial charge on any atom is 0.229 e. The minimum absolute atomic E-state index is 0.141. The lowest BCUT2D eigenvalue weighted by Gasteiger charge is -1.84. The van der Waals surface area contributed by atoms with E-state index < -0.39 is 5.95 Å². The number of aromatic nitrogens is 2. The number of nitriles is 1. The summed E-state index contributed by atoms with van der Waals surface area (Å²) in [4.78, 5) is 0. The Kier molecular flexibility index (Phi) is 1.19. The lowest BCUT2D eigenvalue weighted by atomic mass is 10.4. The molecular weight excluding hydrogens is 121 g/mol. The van der Waals surface area contributed by atoms with Gasteiger partial charge in [0.15, 0.2) is 0 Å². The van der Waals surface area contributed by atoms with Crippen molar-refractivity contribution >= 4 is 0 Å². The monoisotopic (exact) mass is 124 g/mol. The van der Waals surface area contributed by atoms with E-state index >= 15 is 0 Å². The number of halogens is 1. The molecule has 0 aliphatic heterocycles. The van der Waals surface area contributed by atoms with Crippen LogP contribution >= 0.6 is 0 Å². The first-order valence-corrected chi connectivity index (χ1v) is 2.26. The highest BCUT2D eigenvalue weighted by molar-refractivity contribution is 5.22. The largest absolute Gasteiger partial charge is 0.241 e. The third-order valence-electron chi connectivity index (χ3n) is 0.914. The quantitative estimate of drug-likeness (QED) is 0.496. The summed E-state index contributed by atoms with van der Waals surface area (Å²) in [5, 5.41) is 11.5. The van der Waals surface area contributed by atoms with Crippen molar-refractivity contribution in [1.29, 1.82) is 5.26 Å². The second-order valence-corrected chi connectivity index (χ2v) is 1.51. The van der Waals surface area contributed by atoms with E-state index in [2.05, 4.69) is 11.3 Å². The molecular formula is C5H3FN3. The zero-order chi connectivity index (χ0) is 6.85. The van der Waals surface area contributed by atoms with Gasteiger partial charge in [-0.2, -0.15) is 14.8 Å². The highest BCUT2D eigenvalue weighted by Gasteiger charge is 2.05. The second kappa shape index (κ2) is 1.86. The summed E-state index contributed by atoms with van der Waals surface area (Å²) in [6.45, 7) is 0. The summed E-state index contributed by atoms with van der Waals surface area (Å²) in [5.41, 5.74) is -0.141. The Bertz CT molecular complexity index is 258. The minimum Gasteiger partial charge on any atom is -0.241 e. The number of hydrogen-bond donors (Lipinski definition) is 0. The third kappa shape index (κ3) is 0.765. The third-order valence-corrected chi connectivity index (χ3v) is 0.914. The summed E-state index contributed by atoms with van der Waals surface area (Å²) in [7, 11) is 1.41. The molecule has 45 valence electrons. The standard InChI is InChI=1S/C5H3FN3/c1-9-5(6)4(2-7)3-8-9/h1H3. The maximum atomic E-state index is 12.4. The van der Waals surface area contributed by atoms with E-state index in [1.54, 1.807) is 6.07 Å². The van der Waals surface area contributed by atoms with E-state index in [-0.39, 0.29) is 5.56 Å². The Morgan fingerprint density at radius 2 is 2.56 bits per heavy atom. The van der Waals surface area contributed by atoms with Crippen LogP contribution in [0.2, 0.25) is 0 Å². The van der Waals surface area contributed by atoms with E-state index in [0.717, 1.165) is 4.68 Å². The Morgan fingerprint density at radius 1 is 1.89 bits per heavy atom. The van der Waals surface area contributed by atoms with Crippen LogP contribution in [0, 0.1) is 23.5 Å². The highest BCUT2D eigenvalue weighted by Crippen LogP contribution is 1.99.